The van der Waals surface area contributed by atoms with Gasteiger partial charge in [-0.25, -0.2) is 14.8 Å². The minimum absolute atomic E-state index is 0.0452. The number of methoxy groups -OCH3 is 1. The number of anilines is 1. The second-order valence-corrected chi connectivity index (χ2v) is 10.2. The first-order chi connectivity index (χ1) is 14.0. The zero-order valence-electron chi connectivity index (χ0n) is 18.9. The minimum atomic E-state index is -1.05. The van der Waals surface area contributed by atoms with Crippen LogP contribution >= 0.6 is 11.3 Å². The number of hydrazine groups is 1. The van der Waals surface area contributed by atoms with E-state index in [1.54, 1.807) is 30.2 Å². The van der Waals surface area contributed by atoms with Crippen LogP contribution in [-0.2, 0) is 9.53 Å². The molecule has 1 aromatic rings. The maximum atomic E-state index is 13.5. The van der Waals surface area contributed by atoms with Gasteiger partial charge in [0.15, 0.2) is 0 Å². The molecule has 1 saturated carbocycles. The van der Waals surface area contributed by atoms with E-state index in [1.807, 2.05) is 20.8 Å². The van der Waals surface area contributed by atoms with Gasteiger partial charge in [-0.15, -0.1) is 11.3 Å². The molecule has 30 heavy (non-hydrogen) atoms. The van der Waals surface area contributed by atoms with E-state index in [0.717, 1.165) is 37.0 Å². The van der Waals surface area contributed by atoms with Crippen molar-refractivity contribution < 1.29 is 19.4 Å². The second kappa shape index (κ2) is 10.4. The summed E-state index contributed by atoms with van der Waals surface area (Å²) in [4.78, 5) is 26.3. The van der Waals surface area contributed by atoms with Crippen LogP contribution in [-0.4, -0.2) is 49.3 Å². The third-order valence-electron chi connectivity index (χ3n) is 5.23. The second-order valence-electron chi connectivity index (χ2n) is 9.11. The molecule has 2 rings (SSSR count). The summed E-state index contributed by atoms with van der Waals surface area (Å²) in [5.41, 5.74) is 0.199. The number of thiophene rings is 1. The fourth-order valence-corrected chi connectivity index (χ4v) is 4.31. The SMILES string of the molecule is COCCN(C)N(C(=O)C1CCC(C)CC1)c1cc(C#CC(C)(C)C)sc1C(=O)O. The van der Waals surface area contributed by atoms with Crippen LogP contribution in [0.1, 0.15) is 67.9 Å². The molecule has 1 N–H and O–H groups in total. The summed E-state index contributed by atoms with van der Waals surface area (Å²) < 4.78 is 5.18. The van der Waals surface area contributed by atoms with E-state index >= 15 is 0 Å². The van der Waals surface area contributed by atoms with Gasteiger partial charge in [0.05, 0.1) is 17.2 Å². The Balaban J connectivity index is 2.45. The van der Waals surface area contributed by atoms with Gasteiger partial charge >= 0.3 is 5.97 Å². The first kappa shape index (κ1) is 24.4. The summed E-state index contributed by atoms with van der Waals surface area (Å²) >= 11 is 1.12. The zero-order valence-corrected chi connectivity index (χ0v) is 19.8. The number of hydrogen-bond donors (Lipinski definition) is 1. The van der Waals surface area contributed by atoms with Gasteiger partial charge in [0.2, 0.25) is 5.91 Å². The highest BCUT2D eigenvalue weighted by molar-refractivity contribution is 7.15. The van der Waals surface area contributed by atoms with E-state index in [1.165, 1.54) is 0 Å². The van der Waals surface area contributed by atoms with Crippen molar-refractivity contribution >= 4 is 28.9 Å². The first-order valence-corrected chi connectivity index (χ1v) is 11.3. The number of nitrogens with zero attached hydrogens (tertiary/aromatic N) is 2. The molecule has 0 unspecified atom stereocenters. The van der Waals surface area contributed by atoms with Crippen LogP contribution in [0, 0.1) is 29.1 Å². The number of carboxylic acids is 1. The molecule has 7 heteroatoms. The summed E-state index contributed by atoms with van der Waals surface area (Å²) in [6.07, 6.45) is 3.70. The van der Waals surface area contributed by atoms with E-state index < -0.39 is 5.97 Å². The standard InChI is InChI=1S/C23H34N2O4S/c1-16-7-9-17(10-8-16)21(26)25(24(5)13-14-29-6)19-15-18(11-12-23(2,3)4)30-20(19)22(27)28/h15-17H,7-10,13-14H2,1-6H3,(H,27,28). The Kier molecular flexibility index (Phi) is 8.48. The predicted molar refractivity (Wildman–Crippen MR) is 121 cm³/mol. The van der Waals surface area contributed by atoms with Crippen LogP contribution in [0.3, 0.4) is 0 Å². The molecule has 1 fully saturated rings. The van der Waals surface area contributed by atoms with Crippen molar-refractivity contribution in [2.75, 3.05) is 32.3 Å². The average Bonchev–Trinajstić information content (AvgIpc) is 3.09. The van der Waals surface area contributed by atoms with E-state index in [4.69, 9.17) is 4.74 Å². The largest absolute Gasteiger partial charge is 0.477 e. The van der Waals surface area contributed by atoms with Gasteiger partial charge in [0, 0.05) is 32.0 Å². The fourth-order valence-electron chi connectivity index (χ4n) is 3.48. The van der Waals surface area contributed by atoms with Gasteiger partial charge in [0.1, 0.15) is 4.88 Å². The van der Waals surface area contributed by atoms with Gasteiger partial charge in [-0.05, 0) is 58.4 Å². The number of carbonyl (C=O) groups excluding carboxylic acids is 1. The van der Waals surface area contributed by atoms with Crippen LogP contribution < -0.4 is 5.01 Å². The van der Waals surface area contributed by atoms with Crippen LogP contribution in [0.25, 0.3) is 0 Å². The highest BCUT2D eigenvalue weighted by atomic mass is 32.1. The lowest BCUT2D eigenvalue weighted by molar-refractivity contribution is -0.126. The fraction of sp³-hybridized carbons (Fsp3) is 0.652. The van der Waals surface area contributed by atoms with Gasteiger partial charge in [-0.1, -0.05) is 18.8 Å². The molecule has 0 aromatic carbocycles. The van der Waals surface area contributed by atoms with Gasteiger partial charge in [0.25, 0.3) is 0 Å². The van der Waals surface area contributed by atoms with Crippen LogP contribution in [0.15, 0.2) is 6.07 Å². The number of ether oxygens (including phenoxy) is 1. The first-order valence-electron chi connectivity index (χ1n) is 10.5. The van der Waals surface area contributed by atoms with Crippen LogP contribution in [0.5, 0.6) is 0 Å². The van der Waals surface area contributed by atoms with E-state index in [0.29, 0.717) is 29.6 Å². The van der Waals surface area contributed by atoms with Crippen molar-refractivity contribution in [2.45, 2.75) is 53.4 Å². The molecule has 6 nitrogen and oxygen atoms in total. The lowest BCUT2D eigenvalue weighted by Crippen LogP contribution is -2.49. The quantitative estimate of drug-likeness (QED) is 0.506. The van der Waals surface area contributed by atoms with Crippen molar-refractivity contribution in [1.29, 1.82) is 0 Å². The summed E-state index contributed by atoms with van der Waals surface area (Å²) in [6, 6.07) is 1.74. The maximum absolute atomic E-state index is 13.5. The van der Waals surface area contributed by atoms with Gasteiger partial charge in [-0.2, -0.15) is 0 Å². The van der Waals surface area contributed by atoms with Crippen molar-refractivity contribution in [3.8, 4) is 11.8 Å². The Morgan fingerprint density at radius 1 is 1.27 bits per heavy atom. The lowest BCUT2D eigenvalue weighted by Gasteiger charge is -2.36. The molecule has 1 heterocycles. The Morgan fingerprint density at radius 3 is 2.43 bits per heavy atom. The third-order valence-corrected chi connectivity index (χ3v) is 6.26. The number of rotatable bonds is 7. The molecule has 0 saturated heterocycles. The zero-order chi connectivity index (χ0) is 22.5. The molecule has 0 atom stereocenters. The molecule has 0 radical (unpaired) electrons. The van der Waals surface area contributed by atoms with Crippen molar-refractivity contribution in [3.05, 3.63) is 15.8 Å². The Morgan fingerprint density at radius 2 is 1.90 bits per heavy atom. The molecule has 1 amide bonds. The molecule has 1 aliphatic rings. The van der Waals surface area contributed by atoms with E-state index in [9.17, 15) is 14.7 Å². The molecule has 1 aromatic heterocycles. The number of likely N-dealkylation sites (N-methyl/N-ethyl adjacent to an activating group) is 1. The molecule has 0 aliphatic heterocycles. The molecular formula is C23H34N2O4S. The maximum Gasteiger partial charge on any atom is 0.348 e. The monoisotopic (exact) mass is 434 g/mol. The van der Waals surface area contributed by atoms with Crippen LogP contribution in [0.4, 0.5) is 5.69 Å². The third kappa shape index (κ3) is 6.56. The number of amides is 1. The smallest absolute Gasteiger partial charge is 0.348 e. The Hall–Kier alpha value is -1.88. The van der Waals surface area contributed by atoms with Crippen LogP contribution in [0.2, 0.25) is 0 Å². The van der Waals surface area contributed by atoms with E-state index in [-0.39, 0.29) is 22.1 Å². The summed E-state index contributed by atoms with van der Waals surface area (Å²) in [6.45, 7) is 9.14. The molecule has 0 bridgehead atoms. The molecule has 166 valence electrons. The Bertz CT molecular complexity index is 807. The molecular weight excluding hydrogens is 400 g/mol. The van der Waals surface area contributed by atoms with E-state index in [2.05, 4.69) is 18.8 Å². The Labute approximate surface area is 184 Å². The minimum Gasteiger partial charge on any atom is -0.477 e. The van der Waals surface area contributed by atoms with Gasteiger partial charge in [-0.3, -0.25) is 4.79 Å². The summed E-state index contributed by atoms with van der Waals surface area (Å²) in [5.74, 6) is 5.67. The normalized spacial score (nSPS) is 19.3. The van der Waals surface area contributed by atoms with Crippen molar-refractivity contribution in [2.24, 2.45) is 17.3 Å². The van der Waals surface area contributed by atoms with Gasteiger partial charge < -0.3 is 9.84 Å². The molecule has 0 spiro atoms. The topological polar surface area (TPSA) is 70.1 Å². The highest BCUT2D eigenvalue weighted by Gasteiger charge is 2.34. The number of carboxylic acid groups (broad SMARTS) is 1. The average molecular weight is 435 g/mol. The lowest BCUT2D eigenvalue weighted by atomic mass is 9.82. The van der Waals surface area contributed by atoms with Crippen molar-refractivity contribution in [3.63, 3.8) is 0 Å². The number of carbonyl (C=O) groups is 2. The van der Waals surface area contributed by atoms with Crippen molar-refractivity contribution in [1.82, 2.24) is 5.01 Å². The number of aromatic carboxylic acids is 1. The molecule has 1 aliphatic carbocycles. The highest BCUT2D eigenvalue weighted by Crippen LogP contribution is 2.35. The summed E-state index contributed by atoms with van der Waals surface area (Å²) in [5, 5.41) is 13.1. The number of hydrogen-bond acceptors (Lipinski definition) is 5. The predicted octanol–water partition coefficient (Wildman–Crippen LogP) is 4.50. The summed E-state index contributed by atoms with van der Waals surface area (Å²) in [7, 11) is 3.40.